The highest BCUT2D eigenvalue weighted by molar-refractivity contribution is 14.1. The lowest BCUT2D eigenvalue weighted by molar-refractivity contribution is 0.405. The van der Waals surface area contributed by atoms with Crippen molar-refractivity contribution in [3.8, 4) is 0 Å². The average Bonchev–Trinajstić information content (AvgIpc) is 2.82. The lowest BCUT2D eigenvalue weighted by atomic mass is 10.1. The van der Waals surface area contributed by atoms with Crippen molar-refractivity contribution < 1.29 is 13.5 Å². The highest BCUT2D eigenvalue weighted by Gasteiger charge is 2.30. The van der Waals surface area contributed by atoms with E-state index >= 15 is 0 Å². The summed E-state index contributed by atoms with van der Waals surface area (Å²) in [5.74, 6) is -1.03. The van der Waals surface area contributed by atoms with Crippen molar-refractivity contribution in [3.63, 3.8) is 0 Å². The third-order valence-corrected chi connectivity index (χ3v) is 3.36. The number of benzene rings is 1. The van der Waals surface area contributed by atoms with Crippen molar-refractivity contribution in [1.29, 1.82) is 0 Å². The number of halogens is 3. The fourth-order valence-electron chi connectivity index (χ4n) is 1.35. The SMILES string of the molecule is Fc1cc(F)cc(C[C@H](I)[C@H]2CO2)c1. The van der Waals surface area contributed by atoms with E-state index < -0.39 is 11.6 Å². The lowest BCUT2D eigenvalue weighted by Gasteiger charge is -2.06. The van der Waals surface area contributed by atoms with Crippen molar-refractivity contribution >= 4 is 22.6 Å². The predicted octanol–water partition coefficient (Wildman–Crippen LogP) is 2.71. The summed E-state index contributed by atoms with van der Waals surface area (Å²) in [6.07, 6.45) is 0.918. The van der Waals surface area contributed by atoms with Crippen LogP contribution in [0.25, 0.3) is 0 Å². The van der Waals surface area contributed by atoms with Gasteiger partial charge in [0.25, 0.3) is 0 Å². The Bertz CT molecular complexity index is 319. The number of alkyl halides is 1. The van der Waals surface area contributed by atoms with Gasteiger partial charge in [0.15, 0.2) is 0 Å². The zero-order valence-corrected chi connectivity index (χ0v) is 9.50. The molecule has 0 N–H and O–H groups in total. The first kappa shape index (κ1) is 10.3. The molecule has 76 valence electrons. The molecule has 0 aliphatic carbocycles. The van der Waals surface area contributed by atoms with Crippen molar-refractivity contribution in [2.75, 3.05) is 6.61 Å². The largest absolute Gasteiger partial charge is 0.372 e. The molecule has 0 radical (unpaired) electrons. The summed E-state index contributed by atoms with van der Waals surface area (Å²) in [7, 11) is 0. The standard InChI is InChI=1S/C10H9F2IO/c11-7-1-6(2-8(12)4-7)3-9(13)10-5-14-10/h1-2,4,9-10H,3,5H2/t9-,10+/m0/s1. The van der Waals surface area contributed by atoms with Crippen LogP contribution in [-0.2, 0) is 11.2 Å². The van der Waals surface area contributed by atoms with Crippen LogP contribution in [-0.4, -0.2) is 16.6 Å². The second-order valence-corrected chi connectivity index (χ2v) is 4.97. The van der Waals surface area contributed by atoms with Gasteiger partial charge in [-0.2, -0.15) is 0 Å². The Morgan fingerprint density at radius 2 is 1.93 bits per heavy atom. The van der Waals surface area contributed by atoms with E-state index in [0.29, 0.717) is 15.9 Å². The summed E-state index contributed by atoms with van der Waals surface area (Å²) in [4.78, 5) is 0. The van der Waals surface area contributed by atoms with Crippen LogP contribution in [0.3, 0.4) is 0 Å². The van der Waals surface area contributed by atoms with Gasteiger partial charge in [0.1, 0.15) is 11.6 Å². The molecule has 14 heavy (non-hydrogen) atoms. The molecule has 1 aromatic carbocycles. The zero-order chi connectivity index (χ0) is 10.1. The van der Waals surface area contributed by atoms with E-state index in [0.717, 1.165) is 12.7 Å². The third-order valence-electron chi connectivity index (χ3n) is 2.12. The van der Waals surface area contributed by atoms with Crippen LogP contribution in [0, 0.1) is 11.6 Å². The Kier molecular flexibility index (Phi) is 3.02. The molecule has 0 spiro atoms. The Morgan fingerprint density at radius 3 is 2.43 bits per heavy atom. The molecule has 0 aromatic heterocycles. The lowest BCUT2D eigenvalue weighted by Crippen LogP contribution is -2.10. The van der Waals surface area contributed by atoms with E-state index in [1.54, 1.807) is 0 Å². The van der Waals surface area contributed by atoms with E-state index in [9.17, 15) is 8.78 Å². The molecule has 1 nitrogen and oxygen atoms in total. The van der Waals surface area contributed by atoms with Crippen LogP contribution in [0.1, 0.15) is 5.56 Å². The van der Waals surface area contributed by atoms with Crippen LogP contribution >= 0.6 is 22.6 Å². The summed E-state index contributed by atoms with van der Waals surface area (Å²) in [6.45, 7) is 0.769. The van der Waals surface area contributed by atoms with E-state index in [1.807, 2.05) is 0 Å². The van der Waals surface area contributed by atoms with Gasteiger partial charge in [0, 0.05) is 9.99 Å². The molecule has 4 heteroatoms. The minimum Gasteiger partial charge on any atom is -0.372 e. The van der Waals surface area contributed by atoms with E-state index in [4.69, 9.17) is 4.74 Å². The second-order valence-electron chi connectivity index (χ2n) is 3.37. The third kappa shape index (κ3) is 2.63. The number of epoxide rings is 1. The molecule has 1 heterocycles. The Hall–Kier alpha value is -0.230. The Morgan fingerprint density at radius 1 is 1.36 bits per heavy atom. The Balaban J connectivity index is 2.07. The maximum atomic E-state index is 12.8. The minimum absolute atomic E-state index is 0.266. The van der Waals surface area contributed by atoms with Crippen LogP contribution in [0.2, 0.25) is 0 Å². The first-order valence-corrected chi connectivity index (χ1v) is 5.60. The van der Waals surface area contributed by atoms with E-state index in [1.165, 1.54) is 12.1 Å². The molecule has 0 saturated carbocycles. The summed E-state index contributed by atoms with van der Waals surface area (Å²) >= 11 is 2.25. The quantitative estimate of drug-likeness (QED) is 0.475. The zero-order valence-electron chi connectivity index (χ0n) is 7.34. The smallest absolute Gasteiger partial charge is 0.126 e. The number of rotatable bonds is 3. The molecule has 1 aliphatic heterocycles. The van der Waals surface area contributed by atoms with Crippen LogP contribution in [0.15, 0.2) is 18.2 Å². The average molecular weight is 310 g/mol. The number of ether oxygens (including phenoxy) is 1. The van der Waals surface area contributed by atoms with Gasteiger partial charge < -0.3 is 4.74 Å². The number of hydrogen-bond donors (Lipinski definition) is 0. The van der Waals surface area contributed by atoms with Crippen molar-refractivity contribution in [2.24, 2.45) is 0 Å². The second kappa shape index (κ2) is 4.10. The summed E-state index contributed by atoms with van der Waals surface area (Å²) in [6, 6.07) is 3.63. The maximum absolute atomic E-state index is 12.8. The first-order chi connectivity index (χ1) is 6.65. The number of hydrogen-bond acceptors (Lipinski definition) is 1. The van der Waals surface area contributed by atoms with Crippen LogP contribution in [0.5, 0.6) is 0 Å². The summed E-state index contributed by atoms with van der Waals surface area (Å²) < 4.78 is 31.1. The normalized spacial score (nSPS) is 22.1. The minimum atomic E-state index is -0.514. The van der Waals surface area contributed by atoms with Crippen molar-refractivity contribution in [1.82, 2.24) is 0 Å². The van der Waals surface area contributed by atoms with Gasteiger partial charge in [-0.3, -0.25) is 0 Å². The molecule has 0 bridgehead atoms. The molecular formula is C10H9F2IO. The van der Waals surface area contributed by atoms with Gasteiger partial charge in [-0.25, -0.2) is 8.78 Å². The van der Waals surface area contributed by atoms with E-state index in [2.05, 4.69) is 22.6 Å². The molecule has 0 amide bonds. The maximum Gasteiger partial charge on any atom is 0.126 e. The fourth-order valence-corrected chi connectivity index (χ4v) is 2.27. The molecule has 1 aromatic rings. The molecule has 0 unspecified atom stereocenters. The van der Waals surface area contributed by atoms with Gasteiger partial charge in [-0.1, -0.05) is 22.6 Å². The molecule has 1 aliphatic rings. The predicted molar refractivity (Wildman–Crippen MR) is 57.6 cm³/mol. The molecular weight excluding hydrogens is 301 g/mol. The van der Waals surface area contributed by atoms with Crippen LogP contribution < -0.4 is 0 Å². The van der Waals surface area contributed by atoms with Gasteiger partial charge in [-0.15, -0.1) is 0 Å². The van der Waals surface area contributed by atoms with Gasteiger partial charge in [0.2, 0.25) is 0 Å². The van der Waals surface area contributed by atoms with Crippen LogP contribution in [0.4, 0.5) is 8.78 Å². The highest BCUT2D eigenvalue weighted by Crippen LogP contribution is 2.25. The van der Waals surface area contributed by atoms with Gasteiger partial charge in [-0.05, 0) is 24.1 Å². The van der Waals surface area contributed by atoms with Gasteiger partial charge >= 0.3 is 0 Å². The Labute approximate surface area is 94.6 Å². The monoisotopic (exact) mass is 310 g/mol. The molecule has 2 atom stereocenters. The van der Waals surface area contributed by atoms with Gasteiger partial charge in [0.05, 0.1) is 12.7 Å². The highest BCUT2D eigenvalue weighted by atomic mass is 127. The first-order valence-electron chi connectivity index (χ1n) is 4.36. The van der Waals surface area contributed by atoms with Crippen molar-refractivity contribution in [3.05, 3.63) is 35.4 Å². The summed E-state index contributed by atoms with van der Waals surface area (Å²) in [5, 5.41) is 0. The fraction of sp³-hybridized carbons (Fsp3) is 0.400. The molecule has 1 saturated heterocycles. The molecule has 1 fully saturated rings. The molecule has 2 rings (SSSR count). The van der Waals surface area contributed by atoms with E-state index in [-0.39, 0.29) is 6.10 Å². The topological polar surface area (TPSA) is 12.5 Å². The summed E-state index contributed by atoms with van der Waals surface area (Å²) in [5.41, 5.74) is 0.692. The van der Waals surface area contributed by atoms with Crippen molar-refractivity contribution in [2.45, 2.75) is 16.4 Å².